The maximum Gasteiger partial charge on any atom is 0.263 e. The van der Waals surface area contributed by atoms with Crippen molar-refractivity contribution in [3.05, 3.63) is 88.6 Å². The number of pyridine rings is 1. The van der Waals surface area contributed by atoms with E-state index < -0.39 is 5.56 Å². The van der Waals surface area contributed by atoms with Gasteiger partial charge in [-0.3, -0.25) is 9.59 Å². The Bertz CT molecular complexity index is 1280. The third-order valence-corrected chi connectivity index (χ3v) is 4.77. The minimum Gasteiger partial charge on any atom is -0.333 e. The number of carbonyl (C=O) groups excluding carboxylic acids is 1. The molecular formula is C23H19FN4O3. The standard InChI is InChI=1S/C23H19FN4O3/c1-2-15-6-3-4-8-19(15)25-20(29)14-28-13-5-7-18(23(28)30)22-26-21(27-31-22)16-9-11-17(24)12-10-16/h3-13H,2,14H2,1H3,(H,25,29). The lowest BCUT2D eigenvalue weighted by atomic mass is 10.1. The fourth-order valence-electron chi connectivity index (χ4n) is 3.17. The predicted octanol–water partition coefficient (Wildman–Crippen LogP) is 3.91. The van der Waals surface area contributed by atoms with Gasteiger partial charge in [-0.2, -0.15) is 4.98 Å². The van der Waals surface area contributed by atoms with Crippen molar-refractivity contribution in [1.29, 1.82) is 0 Å². The van der Waals surface area contributed by atoms with Crippen LogP contribution in [0.1, 0.15) is 12.5 Å². The zero-order valence-corrected chi connectivity index (χ0v) is 16.7. The molecule has 0 aliphatic rings. The molecule has 0 atom stereocenters. The van der Waals surface area contributed by atoms with Gasteiger partial charge in [0.15, 0.2) is 0 Å². The van der Waals surface area contributed by atoms with Gasteiger partial charge in [0, 0.05) is 17.4 Å². The van der Waals surface area contributed by atoms with Crippen LogP contribution in [-0.2, 0) is 17.8 Å². The van der Waals surface area contributed by atoms with Gasteiger partial charge < -0.3 is 14.4 Å². The Morgan fingerprint density at radius 2 is 1.87 bits per heavy atom. The number of aryl methyl sites for hydroxylation is 1. The minimum atomic E-state index is -0.435. The Labute approximate surface area is 177 Å². The lowest BCUT2D eigenvalue weighted by Crippen LogP contribution is -2.28. The van der Waals surface area contributed by atoms with E-state index in [9.17, 15) is 14.0 Å². The molecule has 1 amide bonds. The molecule has 0 spiro atoms. The molecule has 0 saturated heterocycles. The summed E-state index contributed by atoms with van der Waals surface area (Å²) >= 11 is 0. The number of para-hydroxylation sites is 1. The van der Waals surface area contributed by atoms with Gasteiger partial charge in [-0.1, -0.05) is 30.3 Å². The van der Waals surface area contributed by atoms with Crippen molar-refractivity contribution in [2.45, 2.75) is 19.9 Å². The molecule has 0 unspecified atom stereocenters. The third-order valence-electron chi connectivity index (χ3n) is 4.77. The number of anilines is 1. The first-order valence-corrected chi connectivity index (χ1v) is 9.72. The fraction of sp³-hybridized carbons (Fsp3) is 0.130. The van der Waals surface area contributed by atoms with Gasteiger partial charge in [0.1, 0.15) is 17.9 Å². The summed E-state index contributed by atoms with van der Waals surface area (Å²) in [6, 6.07) is 16.3. The number of aromatic nitrogens is 3. The average molecular weight is 418 g/mol. The number of rotatable bonds is 6. The molecule has 4 aromatic rings. The summed E-state index contributed by atoms with van der Waals surface area (Å²) in [5.41, 5.74) is 2.03. The summed E-state index contributed by atoms with van der Waals surface area (Å²) in [5.74, 6) is -0.440. The molecule has 0 radical (unpaired) electrons. The summed E-state index contributed by atoms with van der Waals surface area (Å²) in [6.07, 6.45) is 2.30. The largest absolute Gasteiger partial charge is 0.333 e. The lowest BCUT2D eigenvalue weighted by Gasteiger charge is -2.11. The second kappa shape index (κ2) is 8.74. The van der Waals surface area contributed by atoms with Crippen LogP contribution in [0, 0.1) is 5.82 Å². The molecule has 0 saturated carbocycles. The van der Waals surface area contributed by atoms with Gasteiger partial charge >= 0.3 is 0 Å². The van der Waals surface area contributed by atoms with Crippen LogP contribution in [0.2, 0.25) is 0 Å². The van der Waals surface area contributed by atoms with E-state index in [4.69, 9.17) is 4.52 Å². The molecule has 4 rings (SSSR count). The molecule has 156 valence electrons. The smallest absolute Gasteiger partial charge is 0.263 e. The molecule has 0 bridgehead atoms. The highest BCUT2D eigenvalue weighted by Gasteiger charge is 2.16. The number of nitrogens with one attached hydrogen (secondary N) is 1. The van der Waals surface area contributed by atoms with Crippen molar-refractivity contribution in [2.24, 2.45) is 0 Å². The molecule has 8 heteroatoms. The number of nitrogens with zero attached hydrogens (tertiary/aromatic N) is 3. The first-order chi connectivity index (χ1) is 15.0. The van der Waals surface area contributed by atoms with Crippen molar-refractivity contribution in [2.75, 3.05) is 5.32 Å². The maximum absolute atomic E-state index is 13.1. The first kappa shape index (κ1) is 20.2. The molecule has 2 aromatic carbocycles. The van der Waals surface area contributed by atoms with Crippen molar-refractivity contribution in [1.82, 2.24) is 14.7 Å². The van der Waals surface area contributed by atoms with Crippen LogP contribution in [-0.4, -0.2) is 20.6 Å². The zero-order chi connectivity index (χ0) is 21.8. The molecule has 31 heavy (non-hydrogen) atoms. The van der Waals surface area contributed by atoms with Gasteiger partial charge in [-0.25, -0.2) is 4.39 Å². The molecule has 0 fully saturated rings. The summed E-state index contributed by atoms with van der Waals surface area (Å²) in [7, 11) is 0. The molecule has 2 heterocycles. The van der Waals surface area contributed by atoms with E-state index in [1.807, 2.05) is 31.2 Å². The predicted molar refractivity (Wildman–Crippen MR) is 114 cm³/mol. The van der Waals surface area contributed by atoms with Crippen molar-refractivity contribution < 1.29 is 13.7 Å². The van der Waals surface area contributed by atoms with Crippen molar-refractivity contribution in [3.8, 4) is 22.8 Å². The van der Waals surface area contributed by atoms with Crippen molar-refractivity contribution in [3.63, 3.8) is 0 Å². The highest BCUT2D eigenvalue weighted by molar-refractivity contribution is 5.91. The zero-order valence-electron chi connectivity index (χ0n) is 16.7. The summed E-state index contributed by atoms with van der Waals surface area (Å²) in [4.78, 5) is 29.6. The minimum absolute atomic E-state index is 0.0235. The first-order valence-electron chi connectivity index (χ1n) is 9.72. The molecule has 0 aliphatic heterocycles. The van der Waals surface area contributed by atoms with Crippen LogP contribution >= 0.6 is 0 Å². The van der Waals surface area contributed by atoms with E-state index in [0.717, 1.165) is 17.7 Å². The van der Waals surface area contributed by atoms with E-state index >= 15 is 0 Å². The molecule has 2 aromatic heterocycles. The Morgan fingerprint density at radius 3 is 2.65 bits per heavy atom. The lowest BCUT2D eigenvalue weighted by molar-refractivity contribution is -0.116. The van der Waals surface area contributed by atoms with Gasteiger partial charge in [0.25, 0.3) is 11.4 Å². The molecule has 7 nitrogen and oxygen atoms in total. The molecule has 0 aliphatic carbocycles. The van der Waals surface area contributed by atoms with Crippen LogP contribution in [0.25, 0.3) is 22.8 Å². The summed E-state index contributed by atoms with van der Waals surface area (Å²) in [5, 5.41) is 6.71. The highest BCUT2D eigenvalue weighted by atomic mass is 19.1. The number of halogens is 1. The topological polar surface area (TPSA) is 90.0 Å². The van der Waals surface area contributed by atoms with Crippen LogP contribution < -0.4 is 10.9 Å². The fourth-order valence-corrected chi connectivity index (χ4v) is 3.17. The average Bonchev–Trinajstić information content (AvgIpc) is 3.26. The Hall–Kier alpha value is -4.07. The van der Waals surface area contributed by atoms with Gasteiger partial charge in [0.05, 0.1) is 0 Å². The van der Waals surface area contributed by atoms with E-state index in [2.05, 4.69) is 15.5 Å². The Balaban J connectivity index is 1.55. The van der Waals surface area contributed by atoms with Crippen molar-refractivity contribution >= 4 is 11.6 Å². The SMILES string of the molecule is CCc1ccccc1NC(=O)Cn1cccc(-c2nc(-c3ccc(F)cc3)no2)c1=O. The maximum atomic E-state index is 13.1. The number of carbonyl (C=O) groups is 1. The van der Waals surface area contributed by atoms with E-state index in [-0.39, 0.29) is 35.5 Å². The highest BCUT2D eigenvalue weighted by Crippen LogP contribution is 2.20. The monoisotopic (exact) mass is 418 g/mol. The number of benzene rings is 2. The van der Waals surface area contributed by atoms with E-state index in [0.29, 0.717) is 5.56 Å². The number of amides is 1. The van der Waals surface area contributed by atoms with Crippen LogP contribution in [0.3, 0.4) is 0 Å². The Kier molecular flexibility index (Phi) is 5.70. The van der Waals surface area contributed by atoms with E-state index in [1.165, 1.54) is 35.0 Å². The van der Waals surface area contributed by atoms with Crippen LogP contribution in [0.5, 0.6) is 0 Å². The van der Waals surface area contributed by atoms with Gasteiger partial charge in [-0.15, -0.1) is 0 Å². The normalized spacial score (nSPS) is 10.8. The number of hydrogen-bond donors (Lipinski definition) is 1. The second-order valence-electron chi connectivity index (χ2n) is 6.84. The van der Waals surface area contributed by atoms with Crippen LogP contribution in [0.4, 0.5) is 10.1 Å². The van der Waals surface area contributed by atoms with Gasteiger partial charge in [0.2, 0.25) is 11.7 Å². The summed E-state index contributed by atoms with van der Waals surface area (Å²) in [6.45, 7) is 1.84. The molecule has 1 N–H and O–H groups in total. The van der Waals surface area contributed by atoms with Crippen LogP contribution in [0.15, 0.2) is 76.2 Å². The summed E-state index contributed by atoms with van der Waals surface area (Å²) < 4.78 is 19.6. The molecular weight excluding hydrogens is 399 g/mol. The second-order valence-corrected chi connectivity index (χ2v) is 6.84. The quantitative estimate of drug-likeness (QED) is 0.513. The van der Waals surface area contributed by atoms with Gasteiger partial charge in [-0.05, 0) is 54.4 Å². The third kappa shape index (κ3) is 4.42. The van der Waals surface area contributed by atoms with E-state index in [1.54, 1.807) is 12.1 Å². The Morgan fingerprint density at radius 1 is 1.10 bits per heavy atom. The number of hydrogen-bond acceptors (Lipinski definition) is 5.